The molecule has 20 heavy (non-hydrogen) atoms. The van der Waals surface area contributed by atoms with E-state index in [1.807, 2.05) is 19.2 Å². The lowest BCUT2D eigenvalue weighted by atomic mass is 10.1. The molecule has 1 fully saturated rings. The van der Waals surface area contributed by atoms with Crippen LogP contribution < -0.4 is 5.32 Å². The van der Waals surface area contributed by atoms with Crippen LogP contribution in [0.25, 0.3) is 0 Å². The fourth-order valence-corrected chi connectivity index (χ4v) is 2.82. The highest BCUT2D eigenvalue weighted by atomic mass is 16.2. The van der Waals surface area contributed by atoms with E-state index in [1.54, 1.807) is 4.90 Å². The first kappa shape index (κ1) is 14.9. The zero-order chi connectivity index (χ0) is 14.4. The second kappa shape index (κ2) is 7.32. The molecule has 1 aromatic carbocycles. The van der Waals surface area contributed by atoms with Crippen LogP contribution >= 0.6 is 0 Å². The number of carbonyl (C=O) groups excluding carboxylic acids is 1. The van der Waals surface area contributed by atoms with Gasteiger partial charge in [0.2, 0.25) is 0 Å². The van der Waals surface area contributed by atoms with Gasteiger partial charge in [-0.25, -0.2) is 4.79 Å². The Bertz CT molecular complexity index is 436. The maximum absolute atomic E-state index is 12.3. The van der Waals surface area contributed by atoms with Crippen molar-refractivity contribution < 1.29 is 4.79 Å². The van der Waals surface area contributed by atoms with E-state index in [-0.39, 0.29) is 6.03 Å². The van der Waals surface area contributed by atoms with Gasteiger partial charge in [0.05, 0.1) is 0 Å². The third-order valence-electron chi connectivity index (χ3n) is 4.20. The van der Waals surface area contributed by atoms with Gasteiger partial charge in [-0.1, -0.05) is 49.9 Å². The highest BCUT2D eigenvalue weighted by molar-refractivity contribution is 5.74. The molecule has 1 aliphatic carbocycles. The Morgan fingerprint density at radius 3 is 2.50 bits per heavy atom. The van der Waals surface area contributed by atoms with Crippen molar-refractivity contribution in [1.82, 2.24) is 10.2 Å². The molecule has 0 heterocycles. The predicted octanol–water partition coefficient (Wildman–Crippen LogP) is 3.86. The normalized spacial score (nSPS) is 16.5. The highest BCUT2D eigenvalue weighted by Crippen LogP contribution is 2.17. The van der Waals surface area contributed by atoms with Crippen molar-refractivity contribution in [3.8, 4) is 0 Å². The molecular formula is C17H26N2O. The molecule has 0 radical (unpaired) electrons. The molecule has 0 saturated heterocycles. The minimum Gasteiger partial charge on any atom is -0.335 e. The monoisotopic (exact) mass is 274 g/mol. The molecule has 0 spiro atoms. The van der Waals surface area contributed by atoms with Gasteiger partial charge < -0.3 is 10.2 Å². The molecule has 1 N–H and O–H groups in total. The van der Waals surface area contributed by atoms with E-state index >= 15 is 0 Å². The van der Waals surface area contributed by atoms with Gasteiger partial charge in [-0.15, -0.1) is 0 Å². The molecule has 1 saturated carbocycles. The SMILES string of the molecule is Cc1ccccc1CN(C)C(=O)NC1CCCCCC1. The summed E-state index contributed by atoms with van der Waals surface area (Å²) < 4.78 is 0. The molecule has 3 heteroatoms. The molecule has 0 atom stereocenters. The van der Waals surface area contributed by atoms with Gasteiger partial charge in [0.1, 0.15) is 0 Å². The molecular weight excluding hydrogens is 248 g/mol. The van der Waals surface area contributed by atoms with Gasteiger partial charge in [-0.05, 0) is 30.9 Å². The third-order valence-corrected chi connectivity index (χ3v) is 4.20. The van der Waals surface area contributed by atoms with Crippen LogP contribution in [0.1, 0.15) is 49.7 Å². The summed E-state index contributed by atoms with van der Waals surface area (Å²) in [4.78, 5) is 14.0. The standard InChI is InChI=1S/C17H26N2O/c1-14-9-7-8-10-15(14)13-19(2)17(20)18-16-11-5-3-4-6-12-16/h7-10,16H,3-6,11-13H2,1-2H3,(H,18,20). The zero-order valence-electron chi connectivity index (χ0n) is 12.7. The summed E-state index contributed by atoms with van der Waals surface area (Å²) in [5.74, 6) is 0. The van der Waals surface area contributed by atoms with Crippen molar-refractivity contribution in [3.63, 3.8) is 0 Å². The fourth-order valence-electron chi connectivity index (χ4n) is 2.82. The van der Waals surface area contributed by atoms with Crippen LogP contribution in [-0.4, -0.2) is 24.0 Å². The number of rotatable bonds is 3. The van der Waals surface area contributed by atoms with Crippen LogP contribution in [0.4, 0.5) is 4.79 Å². The van der Waals surface area contributed by atoms with E-state index in [0.29, 0.717) is 12.6 Å². The number of amides is 2. The lowest BCUT2D eigenvalue weighted by Gasteiger charge is -2.23. The van der Waals surface area contributed by atoms with E-state index < -0.39 is 0 Å². The van der Waals surface area contributed by atoms with Crippen LogP contribution in [0, 0.1) is 6.92 Å². The number of aryl methyl sites for hydroxylation is 1. The molecule has 2 rings (SSSR count). The first-order valence-corrected chi connectivity index (χ1v) is 7.73. The Balaban J connectivity index is 1.87. The van der Waals surface area contributed by atoms with Gasteiger partial charge in [0.15, 0.2) is 0 Å². The smallest absolute Gasteiger partial charge is 0.317 e. The summed E-state index contributed by atoms with van der Waals surface area (Å²) in [6.07, 6.45) is 7.36. The molecule has 1 aliphatic rings. The average Bonchev–Trinajstić information content (AvgIpc) is 2.70. The number of urea groups is 1. The number of carbonyl (C=O) groups is 1. The minimum absolute atomic E-state index is 0.0557. The van der Waals surface area contributed by atoms with Crippen molar-refractivity contribution in [2.75, 3.05) is 7.05 Å². The summed E-state index contributed by atoms with van der Waals surface area (Å²) in [6, 6.07) is 8.66. The molecule has 0 aliphatic heterocycles. The summed E-state index contributed by atoms with van der Waals surface area (Å²) in [7, 11) is 1.87. The predicted molar refractivity (Wildman–Crippen MR) is 82.7 cm³/mol. The molecule has 2 amide bonds. The van der Waals surface area contributed by atoms with Gasteiger partial charge in [0.25, 0.3) is 0 Å². The maximum atomic E-state index is 12.3. The number of benzene rings is 1. The minimum atomic E-state index is 0.0557. The fraction of sp³-hybridized carbons (Fsp3) is 0.588. The topological polar surface area (TPSA) is 32.3 Å². The van der Waals surface area contributed by atoms with Crippen molar-refractivity contribution in [2.24, 2.45) is 0 Å². The third kappa shape index (κ3) is 4.26. The van der Waals surface area contributed by atoms with Gasteiger partial charge in [0, 0.05) is 19.6 Å². The number of hydrogen-bond acceptors (Lipinski definition) is 1. The second-order valence-electron chi connectivity index (χ2n) is 5.92. The van der Waals surface area contributed by atoms with Crippen LogP contribution in [0.3, 0.4) is 0 Å². The molecule has 0 unspecified atom stereocenters. The molecule has 0 bridgehead atoms. The number of hydrogen-bond donors (Lipinski definition) is 1. The Morgan fingerprint density at radius 1 is 1.20 bits per heavy atom. The summed E-state index contributed by atoms with van der Waals surface area (Å²) in [6.45, 7) is 2.76. The zero-order valence-corrected chi connectivity index (χ0v) is 12.7. The van der Waals surface area contributed by atoms with Crippen molar-refractivity contribution in [3.05, 3.63) is 35.4 Å². The van der Waals surface area contributed by atoms with E-state index in [4.69, 9.17) is 0 Å². The quantitative estimate of drug-likeness (QED) is 0.834. The summed E-state index contributed by atoms with van der Waals surface area (Å²) in [5.41, 5.74) is 2.45. The Kier molecular flexibility index (Phi) is 5.45. The molecule has 3 nitrogen and oxygen atoms in total. The number of nitrogens with zero attached hydrogens (tertiary/aromatic N) is 1. The van der Waals surface area contributed by atoms with E-state index in [2.05, 4.69) is 24.4 Å². The second-order valence-corrected chi connectivity index (χ2v) is 5.92. The van der Waals surface area contributed by atoms with Gasteiger partial charge >= 0.3 is 6.03 Å². The van der Waals surface area contributed by atoms with Crippen LogP contribution in [0.5, 0.6) is 0 Å². The number of nitrogens with one attached hydrogen (secondary N) is 1. The Labute approximate surface area is 122 Å². The summed E-state index contributed by atoms with van der Waals surface area (Å²) >= 11 is 0. The van der Waals surface area contributed by atoms with E-state index in [1.165, 1.54) is 36.8 Å². The van der Waals surface area contributed by atoms with Crippen molar-refractivity contribution in [2.45, 2.75) is 58.0 Å². The first-order chi connectivity index (χ1) is 9.66. The molecule has 0 aromatic heterocycles. The Hall–Kier alpha value is -1.51. The lowest BCUT2D eigenvalue weighted by molar-refractivity contribution is 0.201. The van der Waals surface area contributed by atoms with Crippen LogP contribution in [0.2, 0.25) is 0 Å². The average molecular weight is 274 g/mol. The Morgan fingerprint density at radius 2 is 1.85 bits per heavy atom. The highest BCUT2D eigenvalue weighted by Gasteiger charge is 2.17. The van der Waals surface area contributed by atoms with Gasteiger partial charge in [-0.2, -0.15) is 0 Å². The maximum Gasteiger partial charge on any atom is 0.317 e. The first-order valence-electron chi connectivity index (χ1n) is 7.73. The van der Waals surface area contributed by atoms with Crippen molar-refractivity contribution in [1.29, 1.82) is 0 Å². The van der Waals surface area contributed by atoms with Crippen molar-refractivity contribution >= 4 is 6.03 Å². The van der Waals surface area contributed by atoms with E-state index in [0.717, 1.165) is 12.8 Å². The van der Waals surface area contributed by atoms with Crippen LogP contribution in [0.15, 0.2) is 24.3 Å². The molecule has 1 aromatic rings. The van der Waals surface area contributed by atoms with E-state index in [9.17, 15) is 4.79 Å². The lowest BCUT2D eigenvalue weighted by Crippen LogP contribution is -2.42. The van der Waals surface area contributed by atoms with Crippen LogP contribution in [-0.2, 0) is 6.54 Å². The summed E-state index contributed by atoms with van der Waals surface area (Å²) in [5, 5.41) is 3.19. The van der Waals surface area contributed by atoms with Gasteiger partial charge in [-0.3, -0.25) is 0 Å². The largest absolute Gasteiger partial charge is 0.335 e. The molecule has 110 valence electrons.